The van der Waals surface area contributed by atoms with Crippen LogP contribution in [0.4, 0.5) is 0 Å². The summed E-state index contributed by atoms with van der Waals surface area (Å²) >= 11 is 5.77. The topological polar surface area (TPSA) is 21.3 Å². The van der Waals surface area contributed by atoms with Crippen molar-refractivity contribution in [1.82, 2.24) is 5.32 Å². The fourth-order valence-electron chi connectivity index (χ4n) is 1.32. The first-order valence-electron chi connectivity index (χ1n) is 4.10. The Balaban J connectivity index is 2.17. The highest BCUT2D eigenvalue weighted by molar-refractivity contribution is 6.30. The Morgan fingerprint density at radius 2 is 2.08 bits per heavy atom. The summed E-state index contributed by atoms with van der Waals surface area (Å²) in [4.78, 5) is 0. The number of rotatable bonds is 1. The van der Waals surface area contributed by atoms with Crippen LogP contribution in [0.1, 0.15) is 11.7 Å². The molecule has 1 aliphatic rings. The lowest BCUT2D eigenvalue weighted by Crippen LogP contribution is -2.06. The minimum Gasteiger partial charge on any atom is -0.470 e. The van der Waals surface area contributed by atoms with Gasteiger partial charge in [-0.1, -0.05) is 23.7 Å². The van der Waals surface area contributed by atoms with Gasteiger partial charge < -0.3 is 10.1 Å². The SMILES string of the molecule is C=C1NC[C@@H](c2ccc(Cl)cc2)O1. The van der Waals surface area contributed by atoms with Crippen molar-refractivity contribution in [2.24, 2.45) is 0 Å². The molecular weight excluding hydrogens is 186 g/mol. The lowest BCUT2D eigenvalue weighted by molar-refractivity contribution is 0.171. The molecule has 0 spiro atoms. The first-order chi connectivity index (χ1) is 6.25. The first-order valence-corrected chi connectivity index (χ1v) is 4.48. The van der Waals surface area contributed by atoms with Gasteiger partial charge in [0.25, 0.3) is 0 Å². The van der Waals surface area contributed by atoms with E-state index in [0.717, 1.165) is 17.1 Å². The van der Waals surface area contributed by atoms with Crippen LogP contribution in [0.15, 0.2) is 36.7 Å². The molecule has 1 aromatic carbocycles. The summed E-state index contributed by atoms with van der Waals surface area (Å²) in [5.74, 6) is 0.639. The van der Waals surface area contributed by atoms with Crippen LogP contribution >= 0.6 is 11.6 Å². The van der Waals surface area contributed by atoms with Gasteiger partial charge in [0.05, 0.1) is 6.54 Å². The second kappa shape index (κ2) is 3.30. The molecule has 0 radical (unpaired) electrons. The summed E-state index contributed by atoms with van der Waals surface area (Å²) in [6.45, 7) is 4.47. The Labute approximate surface area is 82.2 Å². The normalized spacial score (nSPS) is 21.0. The fourth-order valence-corrected chi connectivity index (χ4v) is 1.45. The molecule has 13 heavy (non-hydrogen) atoms. The van der Waals surface area contributed by atoms with Crippen LogP contribution in [0.5, 0.6) is 0 Å². The third-order valence-corrected chi connectivity index (χ3v) is 2.26. The van der Waals surface area contributed by atoms with Gasteiger partial charge in [0.15, 0.2) is 5.88 Å². The molecule has 1 heterocycles. The van der Waals surface area contributed by atoms with Crippen molar-refractivity contribution in [3.63, 3.8) is 0 Å². The summed E-state index contributed by atoms with van der Waals surface area (Å²) in [7, 11) is 0. The maximum Gasteiger partial charge on any atom is 0.180 e. The zero-order valence-corrected chi connectivity index (χ0v) is 7.84. The molecular formula is C10H10ClNO. The zero-order chi connectivity index (χ0) is 9.26. The van der Waals surface area contributed by atoms with Crippen LogP contribution in [0.3, 0.4) is 0 Å². The lowest BCUT2D eigenvalue weighted by atomic mass is 10.1. The third-order valence-electron chi connectivity index (χ3n) is 2.01. The van der Waals surface area contributed by atoms with Crippen molar-refractivity contribution in [1.29, 1.82) is 0 Å². The molecule has 0 unspecified atom stereocenters. The highest BCUT2D eigenvalue weighted by Gasteiger charge is 2.19. The minimum atomic E-state index is 0.0739. The van der Waals surface area contributed by atoms with E-state index in [0.29, 0.717) is 5.88 Å². The summed E-state index contributed by atoms with van der Waals surface area (Å²) in [6.07, 6.45) is 0.0739. The van der Waals surface area contributed by atoms with Crippen molar-refractivity contribution >= 4 is 11.6 Å². The highest BCUT2D eigenvalue weighted by atomic mass is 35.5. The monoisotopic (exact) mass is 195 g/mol. The van der Waals surface area contributed by atoms with Gasteiger partial charge in [-0.15, -0.1) is 0 Å². The lowest BCUT2D eigenvalue weighted by Gasteiger charge is -2.08. The van der Waals surface area contributed by atoms with Gasteiger partial charge in [-0.25, -0.2) is 0 Å². The van der Waals surface area contributed by atoms with Crippen LogP contribution in [-0.4, -0.2) is 6.54 Å². The predicted molar refractivity (Wildman–Crippen MR) is 52.4 cm³/mol. The molecule has 1 saturated heterocycles. The molecule has 68 valence electrons. The second-order valence-electron chi connectivity index (χ2n) is 2.96. The molecule has 0 saturated carbocycles. The largest absolute Gasteiger partial charge is 0.470 e. The Bertz CT molecular complexity index is 320. The van der Waals surface area contributed by atoms with Gasteiger partial charge in [0.1, 0.15) is 6.10 Å². The maximum absolute atomic E-state index is 5.77. The van der Waals surface area contributed by atoms with Crippen molar-refractivity contribution in [2.45, 2.75) is 6.10 Å². The van der Waals surface area contributed by atoms with Gasteiger partial charge in [0.2, 0.25) is 0 Å². The van der Waals surface area contributed by atoms with Gasteiger partial charge in [-0.2, -0.15) is 0 Å². The van der Waals surface area contributed by atoms with Crippen LogP contribution in [0.25, 0.3) is 0 Å². The number of halogens is 1. The molecule has 2 nitrogen and oxygen atoms in total. The molecule has 0 amide bonds. The average molecular weight is 196 g/mol. The Kier molecular flexibility index (Phi) is 2.15. The standard InChI is InChI=1S/C10H10ClNO/c1-7-12-6-10(13-7)8-2-4-9(11)5-3-8/h2-5,10,12H,1,6H2/t10-/m0/s1. The van der Waals surface area contributed by atoms with Crippen LogP contribution < -0.4 is 5.32 Å². The van der Waals surface area contributed by atoms with Crippen molar-refractivity contribution in [3.8, 4) is 0 Å². The maximum atomic E-state index is 5.77. The Hall–Kier alpha value is -1.15. The van der Waals surface area contributed by atoms with Crippen LogP contribution in [0, 0.1) is 0 Å². The third kappa shape index (κ3) is 1.78. The molecule has 3 heteroatoms. The zero-order valence-electron chi connectivity index (χ0n) is 7.09. The molecule has 2 rings (SSSR count). The number of ether oxygens (including phenoxy) is 1. The van der Waals surface area contributed by atoms with E-state index in [1.165, 1.54) is 0 Å². The van der Waals surface area contributed by atoms with Crippen molar-refractivity contribution in [3.05, 3.63) is 47.3 Å². The van der Waals surface area contributed by atoms with Gasteiger partial charge in [-0.3, -0.25) is 0 Å². The number of hydrogen-bond acceptors (Lipinski definition) is 2. The van der Waals surface area contributed by atoms with Crippen LogP contribution in [-0.2, 0) is 4.74 Å². The summed E-state index contributed by atoms with van der Waals surface area (Å²) in [6, 6.07) is 7.66. The van der Waals surface area contributed by atoms with E-state index < -0.39 is 0 Å². The summed E-state index contributed by atoms with van der Waals surface area (Å²) < 4.78 is 5.44. The molecule has 0 aromatic heterocycles. The molecule has 0 aliphatic carbocycles. The van der Waals surface area contributed by atoms with E-state index in [1.807, 2.05) is 24.3 Å². The Morgan fingerprint density at radius 3 is 2.62 bits per heavy atom. The number of nitrogens with one attached hydrogen (secondary N) is 1. The average Bonchev–Trinajstić information content (AvgIpc) is 2.53. The smallest absolute Gasteiger partial charge is 0.180 e. The van der Waals surface area contributed by atoms with E-state index in [2.05, 4.69) is 11.9 Å². The molecule has 1 aliphatic heterocycles. The van der Waals surface area contributed by atoms with E-state index in [4.69, 9.17) is 16.3 Å². The van der Waals surface area contributed by atoms with Gasteiger partial charge in [-0.05, 0) is 24.3 Å². The van der Waals surface area contributed by atoms with Crippen molar-refractivity contribution < 1.29 is 4.74 Å². The molecule has 1 aromatic rings. The van der Waals surface area contributed by atoms with E-state index in [9.17, 15) is 0 Å². The van der Waals surface area contributed by atoms with Crippen molar-refractivity contribution in [2.75, 3.05) is 6.54 Å². The molecule has 1 fully saturated rings. The highest BCUT2D eigenvalue weighted by Crippen LogP contribution is 2.24. The fraction of sp³-hybridized carbons (Fsp3) is 0.200. The Morgan fingerprint density at radius 1 is 1.38 bits per heavy atom. The number of benzene rings is 1. The first kappa shape index (κ1) is 8.45. The van der Waals surface area contributed by atoms with Crippen LogP contribution in [0.2, 0.25) is 5.02 Å². The number of hydrogen-bond donors (Lipinski definition) is 1. The molecule has 1 N–H and O–H groups in total. The summed E-state index contributed by atoms with van der Waals surface area (Å²) in [5, 5.41) is 3.78. The van der Waals surface area contributed by atoms with E-state index in [1.54, 1.807) is 0 Å². The van der Waals surface area contributed by atoms with E-state index in [-0.39, 0.29) is 6.10 Å². The second-order valence-corrected chi connectivity index (χ2v) is 3.40. The molecule has 1 atom stereocenters. The van der Waals surface area contributed by atoms with Gasteiger partial charge >= 0.3 is 0 Å². The molecule has 0 bridgehead atoms. The quantitative estimate of drug-likeness (QED) is 0.744. The van der Waals surface area contributed by atoms with Gasteiger partial charge in [0, 0.05) is 5.02 Å². The summed E-state index contributed by atoms with van der Waals surface area (Å²) in [5.41, 5.74) is 1.12. The predicted octanol–water partition coefficient (Wildman–Crippen LogP) is 2.47. The minimum absolute atomic E-state index is 0.0739. The van der Waals surface area contributed by atoms with E-state index >= 15 is 0 Å².